The Balaban J connectivity index is 1.62. The Morgan fingerprint density at radius 3 is 3.00 bits per heavy atom. The largest absolute Gasteiger partial charge is 0.337 e. The van der Waals surface area contributed by atoms with Crippen LogP contribution in [0.5, 0.6) is 0 Å². The summed E-state index contributed by atoms with van der Waals surface area (Å²) in [6.45, 7) is 3.15. The molecule has 6 nitrogen and oxygen atoms in total. The van der Waals surface area contributed by atoms with E-state index >= 15 is 0 Å². The first kappa shape index (κ1) is 16.0. The first-order chi connectivity index (χ1) is 12.1. The molecular weight excluding hydrogens is 336 g/mol. The van der Waals surface area contributed by atoms with E-state index in [9.17, 15) is 9.59 Å². The number of aromatic nitrogens is 3. The summed E-state index contributed by atoms with van der Waals surface area (Å²) < 4.78 is 0. The maximum absolute atomic E-state index is 12.7. The number of hydrogen-bond acceptors (Lipinski definition) is 5. The molecule has 3 heterocycles. The van der Waals surface area contributed by atoms with E-state index in [0.717, 1.165) is 25.1 Å². The summed E-state index contributed by atoms with van der Waals surface area (Å²) in [5.41, 5.74) is 3.05. The molecule has 1 fully saturated rings. The molecule has 1 aliphatic heterocycles. The highest BCUT2D eigenvalue weighted by atomic mass is 32.1. The Morgan fingerprint density at radius 2 is 2.20 bits per heavy atom. The molecule has 0 saturated carbocycles. The molecule has 0 bridgehead atoms. The van der Waals surface area contributed by atoms with Crippen LogP contribution in [0.4, 0.5) is 0 Å². The van der Waals surface area contributed by atoms with Crippen molar-refractivity contribution in [3.8, 4) is 0 Å². The van der Waals surface area contributed by atoms with Gasteiger partial charge in [-0.05, 0) is 31.9 Å². The lowest BCUT2D eigenvalue weighted by molar-refractivity contribution is 0.0708. The molecule has 1 atom stereocenters. The zero-order chi connectivity index (χ0) is 17.4. The monoisotopic (exact) mass is 354 g/mol. The average Bonchev–Trinajstić information content (AvgIpc) is 3.07. The number of benzene rings is 1. The van der Waals surface area contributed by atoms with E-state index in [1.165, 1.54) is 11.3 Å². The number of para-hydroxylation sites is 1. The van der Waals surface area contributed by atoms with Crippen molar-refractivity contribution in [2.45, 2.75) is 25.7 Å². The topological polar surface area (TPSA) is 79.0 Å². The highest BCUT2D eigenvalue weighted by molar-refractivity contribution is 7.11. The van der Waals surface area contributed by atoms with E-state index in [4.69, 9.17) is 0 Å². The molecule has 0 radical (unpaired) electrons. The Hall–Kier alpha value is -2.54. The van der Waals surface area contributed by atoms with Crippen LogP contribution >= 0.6 is 11.3 Å². The second kappa shape index (κ2) is 6.40. The van der Waals surface area contributed by atoms with Crippen molar-refractivity contribution in [2.75, 3.05) is 13.1 Å². The lowest BCUT2D eigenvalue weighted by Crippen LogP contribution is -2.39. The molecule has 1 aliphatic rings. The Morgan fingerprint density at radius 1 is 1.36 bits per heavy atom. The number of nitrogens with zero attached hydrogens (tertiary/aromatic N) is 3. The van der Waals surface area contributed by atoms with E-state index in [-0.39, 0.29) is 17.4 Å². The van der Waals surface area contributed by atoms with Gasteiger partial charge in [0.2, 0.25) is 0 Å². The molecule has 7 heteroatoms. The second-order valence-electron chi connectivity index (χ2n) is 6.33. The van der Waals surface area contributed by atoms with Crippen molar-refractivity contribution in [1.29, 1.82) is 0 Å². The van der Waals surface area contributed by atoms with Crippen LogP contribution in [0.2, 0.25) is 0 Å². The molecule has 128 valence electrons. The maximum atomic E-state index is 12.7. The van der Waals surface area contributed by atoms with Crippen LogP contribution < -0.4 is 5.56 Å². The van der Waals surface area contributed by atoms with E-state index < -0.39 is 0 Å². The molecular formula is C18H18N4O2S. The first-order valence-corrected chi connectivity index (χ1v) is 9.20. The molecule has 0 spiro atoms. The Labute approximate surface area is 148 Å². The number of fused-ring (bicyclic) bond motifs is 1. The van der Waals surface area contributed by atoms with Gasteiger partial charge in [-0.1, -0.05) is 12.1 Å². The van der Waals surface area contributed by atoms with E-state index in [1.54, 1.807) is 11.6 Å². The fourth-order valence-electron chi connectivity index (χ4n) is 3.33. The number of amides is 1. The number of carbonyl (C=O) groups is 1. The van der Waals surface area contributed by atoms with Crippen LogP contribution in [-0.4, -0.2) is 38.8 Å². The third-order valence-electron chi connectivity index (χ3n) is 4.67. The van der Waals surface area contributed by atoms with E-state index in [2.05, 4.69) is 15.0 Å². The van der Waals surface area contributed by atoms with Crippen LogP contribution in [0.3, 0.4) is 0 Å². The van der Waals surface area contributed by atoms with Crippen LogP contribution in [0.1, 0.15) is 39.9 Å². The van der Waals surface area contributed by atoms with Crippen molar-refractivity contribution in [1.82, 2.24) is 19.9 Å². The van der Waals surface area contributed by atoms with Gasteiger partial charge in [0.25, 0.3) is 11.5 Å². The molecule has 0 aliphatic carbocycles. The van der Waals surface area contributed by atoms with Gasteiger partial charge < -0.3 is 9.88 Å². The van der Waals surface area contributed by atoms with E-state index in [1.807, 2.05) is 30.0 Å². The van der Waals surface area contributed by atoms with E-state index in [0.29, 0.717) is 28.1 Å². The van der Waals surface area contributed by atoms with Gasteiger partial charge in [-0.2, -0.15) is 0 Å². The molecule has 25 heavy (non-hydrogen) atoms. The molecule has 1 unspecified atom stereocenters. The zero-order valence-electron chi connectivity index (χ0n) is 13.9. The lowest BCUT2D eigenvalue weighted by Gasteiger charge is -2.32. The third-order valence-corrected chi connectivity index (χ3v) is 5.58. The highest BCUT2D eigenvalue weighted by Crippen LogP contribution is 2.27. The van der Waals surface area contributed by atoms with Gasteiger partial charge in [0.1, 0.15) is 10.7 Å². The Kier molecular flexibility index (Phi) is 4.09. The van der Waals surface area contributed by atoms with Crippen molar-refractivity contribution in [3.63, 3.8) is 0 Å². The minimum absolute atomic E-state index is 0.0211. The average molecular weight is 354 g/mol. The molecule has 3 aromatic rings. The molecule has 1 N–H and O–H groups in total. The Bertz CT molecular complexity index is 994. The number of hydrogen-bond donors (Lipinski definition) is 1. The lowest BCUT2D eigenvalue weighted by atomic mass is 9.96. The fourth-order valence-corrected chi connectivity index (χ4v) is 4.10. The zero-order valence-corrected chi connectivity index (χ0v) is 14.7. The van der Waals surface area contributed by atoms with Crippen LogP contribution in [-0.2, 0) is 0 Å². The van der Waals surface area contributed by atoms with Gasteiger partial charge in [-0.15, -0.1) is 11.3 Å². The van der Waals surface area contributed by atoms with Gasteiger partial charge in [-0.25, -0.2) is 9.97 Å². The van der Waals surface area contributed by atoms with Crippen molar-refractivity contribution >= 4 is 28.1 Å². The van der Waals surface area contributed by atoms with Crippen LogP contribution in [0.25, 0.3) is 10.9 Å². The number of aromatic amines is 1. The minimum Gasteiger partial charge on any atom is -0.337 e. The fraction of sp³-hybridized carbons (Fsp3) is 0.333. The quantitative estimate of drug-likeness (QED) is 0.767. The summed E-state index contributed by atoms with van der Waals surface area (Å²) in [4.78, 5) is 39.3. The first-order valence-electron chi connectivity index (χ1n) is 8.32. The normalized spacial score (nSPS) is 17.8. The smallest absolute Gasteiger partial charge is 0.265 e. The number of piperidine rings is 1. The summed E-state index contributed by atoms with van der Waals surface area (Å²) in [7, 11) is 0. The predicted octanol–water partition coefficient (Wildman–Crippen LogP) is 2.71. The summed E-state index contributed by atoms with van der Waals surface area (Å²) in [5, 5.41) is 0.593. The van der Waals surface area contributed by atoms with Gasteiger partial charge in [0, 0.05) is 19.0 Å². The number of nitrogens with one attached hydrogen (secondary N) is 1. The predicted molar refractivity (Wildman–Crippen MR) is 97.1 cm³/mol. The SMILES string of the molecule is Cc1ncsc1C(=O)N1CCCC(c2nc3ccccc3c(=O)[nH]2)C1. The maximum Gasteiger partial charge on any atom is 0.265 e. The van der Waals surface area contributed by atoms with Crippen molar-refractivity contribution < 1.29 is 4.79 Å². The van der Waals surface area contributed by atoms with Gasteiger partial charge >= 0.3 is 0 Å². The van der Waals surface area contributed by atoms with Crippen LogP contribution in [0, 0.1) is 6.92 Å². The molecule has 1 saturated heterocycles. The molecule has 2 aromatic heterocycles. The number of likely N-dealkylation sites (tertiary alicyclic amines) is 1. The van der Waals surface area contributed by atoms with Gasteiger partial charge in [0.05, 0.1) is 22.1 Å². The summed E-state index contributed by atoms with van der Waals surface area (Å²) in [5.74, 6) is 0.735. The summed E-state index contributed by atoms with van der Waals surface area (Å²) in [6.07, 6.45) is 1.80. The van der Waals surface area contributed by atoms with Crippen LogP contribution in [0.15, 0.2) is 34.6 Å². The number of rotatable bonds is 2. The van der Waals surface area contributed by atoms with Crippen molar-refractivity contribution in [2.24, 2.45) is 0 Å². The van der Waals surface area contributed by atoms with Crippen molar-refractivity contribution in [3.05, 3.63) is 56.5 Å². The standard InChI is InChI=1S/C18H18N4O2S/c1-11-15(25-10-19-11)18(24)22-8-4-5-12(9-22)16-20-14-7-3-2-6-13(14)17(23)21-16/h2-3,6-7,10,12H,4-5,8-9H2,1H3,(H,20,21,23). The molecule has 4 rings (SSSR count). The number of thiazole rings is 1. The minimum atomic E-state index is -0.123. The van der Waals surface area contributed by atoms with Gasteiger partial charge in [0.15, 0.2) is 0 Å². The summed E-state index contributed by atoms with van der Waals surface area (Å²) in [6, 6.07) is 7.33. The van der Waals surface area contributed by atoms with Gasteiger partial charge in [-0.3, -0.25) is 9.59 Å². The number of H-pyrrole nitrogens is 1. The summed E-state index contributed by atoms with van der Waals surface area (Å²) >= 11 is 1.38. The third kappa shape index (κ3) is 2.95. The highest BCUT2D eigenvalue weighted by Gasteiger charge is 2.28. The molecule has 1 aromatic carbocycles. The second-order valence-corrected chi connectivity index (χ2v) is 7.18. The number of carbonyl (C=O) groups excluding carboxylic acids is 1. The molecule has 1 amide bonds. The number of aryl methyl sites for hydroxylation is 1.